The maximum atomic E-state index is 14.5. The van der Waals surface area contributed by atoms with Crippen molar-refractivity contribution in [3.63, 3.8) is 0 Å². The molecule has 0 unspecified atom stereocenters. The molecule has 0 bridgehead atoms. The first kappa shape index (κ1) is 43.3. The van der Waals surface area contributed by atoms with Crippen LogP contribution in [0.4, 0.5) is 9.59 Å². The van der Waals surface area contributed by atoms with Gasteiger partial charge in [0.25, 0.3) is 0 Å². The molecule has 4 aromatic carbocycles. The summed E-state index contributed by atoms with van der Waals surface area (Å²) in [5.41, 5.74) is 6.08. The van der Waals surface area contributed by atoms with Gasteiger partial charge in [-0.2, -0.15) is 0 Å². The Labute approximate surface area is 334 Å². The van der Waals surface area contributed by atoms with Crippen molar-refractivity contribution in [2.45, 2.75) is 89.2 Å². The largest absolute Gasteiger partial charge is 0.445 e. The highest BCUT2D eigenvalue weighted by molar-refractivity contribution is 6.31. The first-order valence-corrected chi connectivity index (χ1v) is 19.3. The summed E-state index contributed by atoms with van der Waals surface area (Å²) in [7, 11) is 0. The summed E-state index contributed by atoms with van der Waals surface area (Å²) in [4.78, 5) is 53.4. The molecule has 0 saturated heterocycles. The maximum absolute atomic E-state index is 14.5. The predicted molar refractivity (Wildman–Crippen MR) is 217 cm³/mol. The molecule has 0 heterocycles. The maximum Gasteiger partial charge on any atom is 0.408 e. The van der Waals surface area contributed by atoms with Gasteiger partial charge in [0, 0.05) is 28.3 Å². The van der Waals surface area contributed by atoms with Gasteiger partial charge in [-0.15, -0.1) is 0 Å². The van der Waals surface area contributed by atoms with Gasteiger partial charge in [-0.1, -0.05) is 121 Å². The molecule has 4 rings (SSSR count). The van der Waals surface area contributed by atoms with E-state index >= 15 is 0 Å². The minimum absolute atomic E-state index is 0.00183. The smallest absolute Gasteiger partial charge is 0.408 e. The van der Waals surface area contributed by atoms with E-state index in [1.807, 2.05) is 103 Å². The van der Waals surface area contributed by atoms with Gasteiger partial charge < -0.3 is 35.9 Å². The van der Waals surface area contributed by atoms with Crippen molar-refractivity contribution in [3.8, 4) is 0 Å². The molecule has 11 nitrogen and oxygen atoms in total. The quantitative estimate of drug-likeness (QED) is 0.0325. The second-order valence-corrected chi connectivity index (χ2v) is 14.8. The molecule has 0 saturated carbocycles. The average molecular weight is 785 g/mol. The van der Waals surface area contributed by atoms with Gasteiger partial charge in [-0.05, 0) is 77.5 Å². The summed E-state index contributed by atoms with van der Waals surface area (Å²) in [6.45, 7) is 5.96. The standard InChI is InChI=1S/C44H53ClN4O7/c1-43(2,3)56-42(53)48-37(27-15-17-29-46)39(50)47-30-18-16-28-38(49-41(52)54-31-32-19-7-4-8-20-32)40(51)55-44(33-21-9-5-10-22-33,34-23-11-6-12-24-34)35-25-13-14-26-36(35)45/h4-14,19-26,37-38H,15-18,27-31,46H2,1-3H3,(H,47,50)(H,48,53)(H,49,52)/t37-,38-/m0/s1. The predicted octanol–water partition coefficient (Wildman–Crippen LogP) is 7.78. The molecular formula is C44H53ClN4O7. The number of rotatable bonds is 19. The number of carbonyl (C=O) groups is 4. The summed E-state index contributed by atoms with van der Waals surface area (Å²) in [6.07, 6.45) is 1.27. The molecule has 0 fully saturated rings. The summed E-state index contributed by atoms with van der Waals surface area (Å²) in [5, 5.41) is 8.68. The lowest BCUT2D eigenvalue weighted by Gasteiger charge is -2.37. The number of esters is 1. The first-order chi connectivity index (χ1) is 26.9. The van der Waals surface area contributed by atoms with Gasteiger partial charge in [-0.3, -0.25) is 4.79 Å². The van der Waals surface area contributed by atoms with Gasteiger partial charge in [0.15, 0.2) is 5.60 Å². The van der Waals surface area contributed by atoms with Crippen LogP contribution >= 0.6 is 11.6 Å². The molecular weight excluding hydrogens is 732 g/mol. The molecule has 0 aliphatic heterocycles. The molecule has 5 N–H and O–H groups in total. The molecule has 0 aromatic heterocycles. The zero-order valence-corrected chi connectivity index (χ0v) is 33.1. The van der Waals surface area contributed by atoms with Crippen molar-refractivity contribution in [1.29, 1.82) is 0 Å². The third-order valence-corrected chi connectivity index (χ3v) is 9.16. The number of hydrogen-bond acceptors (Lipinski definition) is 8. The first-order valence-electron chi connectivity index (χ1n) is 19.0. The fraction of sp³-hybridized carbons (Fsp3) is 0.364. The topological polar surface area (TPSA) is 158 Å². The van der Waals surface area contributed by atoms with Crippen LogP contribution in [-0.2, 0) is 36.0 Å². The number of nitrogens with two attached hydrogens (primary N) is 1. The fourth-order valence-corrected chi connectivity index (χ4v) is 6.41. The second-order valence-electron chi connectivity index (χ2n) is 14.3. The highest BCUT2D eigenvalue weighted by Gasteiger charge is 2.43. The van der Waals surface area contributed by atoms with E-state index < -0.39 is 41.4 Å². The van der Waals surface area contributed by atoms with Crippen LogP contribution in [-0.4, -0.2) is 54.8 Å². The zero-order valence-electron chi connectivity index (χ0n) is 32.3. The van der Waals surface area contributed by atoms with Gasteiger partial charge in [-0.25, -0.2) is 14.4 Å². The van der Waals surface area contributed by atoms with Gasteiger partial charge in [0.1, 0.15) is 24.3 Å². The summed E-state index contributed by atoms with van der Waals surface area (Å²) in [5.74, 6) is -1.07. The number of ether oxygens (including phenoxy) is 3. The Kier molecular flexibility index (Phi) is 16.7. The van der Waals surface area contributed by atoms with Crippen molar-refractivity contribution in [3.05, 3.63) is 143 Å². The van der Waals surface area contributed by atoms with Gasteiger partial charge >= 0.3 is 18.2 Å². The number of amides is 3. The SMILES string of the molecule is CC(C)(C)OC(=O)N[C@@H](CCCCN)C(=O)NCCCC[C@H](NC(=O)OCc1ccccc1)C(=O)OC(c1ccccc1)(c1ccccc1)c1ccccc1Cl. The lowest BCUT2D eigenvalue weighted by atomic mass is 9.80. The van der Waals surface area contributed by atoms with Crippen molar-refractivity contribution in [2.24, 2.45) is 5.73 Å². The molecule has 0 aliphatic rings. The third-order valence-electron chi connectivity index (χ3n) is 8.83. The molecule has 12 heteroatoms. The highest BCUT2D eigenvalue weighted by atomic mass is 35.5. The normalized spacial score (nSPS) is 12.4. The van der Waals surface area contributed by atoms with E-state index in [-0.39, 0.29) is 25.5 Å². The van der Waals surface area contributed by atoms with E-state index in [4.69, 9.17) is 31.5 Å². The number of unbranched alkanes of at least 4 members (excludes halogenated alkanes) is 2. The summed E-state index contributed by atoms with van der Waals surface area (Å²) >= 11 is 6.86. The Hall–Kier alpha value is -5.39. The molecule has 4 aromatic rings. The molecule has 298 valence electrons. The molecule has 0 aliphatic carbocycles. The van der Waals surface area contributed by atoms with Crippen LogP contribution in [0.25, 0.3) is 0 Å². The lowest BCUT2D eigenvalue weighted by Crippen LogP contribution is -2.48. The van der Waals surface area contributed by atoms with Gasteiger partial charge in [0.2, 0.25) is 5.91 Å². The van der Waals surface area contributed by atoms with Crippen molar-refractivity contribution in [2.75, 3.05) is 13.1 Å². The van der Waals surface area contributed by atoms with Crippen LogP contribution in [0.15, 0.2) is 115 Å². The van der Waals surface area contributed by atoms with Crippen LogP contribution in [0.1, 0.15) is 81.5 Å². The lowest BCUT2D eigenvalue weighted by molar-refractivity contribution is -0.156. The molecule has 0 radical (unpaired) electrons. The Balaban J connectivity index is 1.54. The Bertz CT molecular complexity index is 1800. The number of nitrogens with one attached hydrogen (secondary N) is 3. The van der Waals surface area contributed by atoms with E-state index in [9.17, 15) is 19.2 Å². The summed E-state index contributed by atoms with van der Waals surface area (Å²) < 4.78 is 17.5. The van der Waals surface area contributed by atoms with Crippen LogP contribution in [0.2, 0.25) is 5.02 Å². The van der Waals surface area contributed by atoms with Crippen molar-refractivity contribution < 1.29 is 33.4 Å². The zero-order chi connectivity index (χ0) is 40.4. The minimum Gasteiger partial charge on any atom is -0.445 e. The fourth-order valence-electron chi connectivity index (χ4n) is 6.14. The molecule has 2 atom stereocenters. The number of alkyl carbamates (subject to hydrolysis) is 2. The molecule has 0 spiro atoms. The second kappa shape index (κ2) is 21.6. The molecule has 3 amide bonds. The van der Waals surface area contributed by atoms with Crippen molar-refractivity contribution >= 4 is 35.7 Å². The minimum atomic E-state index is -1.49. The van der Waals surface area contributed by atoms with E-state index in [1.165, 1.54) is 0 Å². The summed E-state index contributed by atoms with van der Waals surface area (Å²) in [6, 6.07) is 33.1. The third kappa shape index (κ3) is 13.1. The van der Waals surface area contributed by atoms with E-state index in [0.717, 1.165) is 5.56 Å². The average Bonchev–Trinajstić information content (AvgIpc) is 3.18. The van der Waals surface area contributed by atoms with E-state index in [2.05, 4.69) is 16.0 Å². The van der Waals surface area contributed by atoms with Crippen LogP contribution in [0, 0.1) is 0 Å². The van der Waals surface area contributed by atoms with Crippen LogP contribution in [0.5, 0.6) is 0 Å². The Morgan fingerprint density at radius 2 is 1.20 bits per heavy atom. The van der Waals surface area contributed by atoms with E-state index in [0.29, 0.717) is 60.4 Å². The van der Waals surface area contributed by atoms with Crippen LogP contribution < -0.4 is 21.7 Å². The van der Waals surface area contributed by atoms with E-state index in [1.54, 1.807) is 32.9 Å². The Morgan fingerprint density at radius 3 is 1.79 bits per heavy atom. The monoisotopic (exact) mass is 784 g/mol. The van der Waals surface area contributed by atoms with Gasteiger partial charge in [0.05, 0.1) is 0 Å². The Morgan fingerprint density at radius 1 is 0.661 bits per heavy atom. The number of halogens is 1. The number of hydrogen-bond donors (Lipinski definition) is 4. The van der Waals surface area contributed by atoms with Crippen molar-refractivity contribution in [1.82, 2.24) is 16.0 Å². The number of carbonyl (C=O) groups excluding carboxylic acids is 4. The number of benzene rings is 4. The van der Waals surface area contributed by atoms with Crippen LogP contribution in [0.3, 0.4) is 0 Å². The molecule has 56 heavy (non-hydrogen) atoms. The highest BCUT2D eigenvalue weighted by Crippen LogP contribution is 2.43.